The van der Waals surface area contributed by atoms with E-state index in [1.165, 1.54) is 21.0 Å². The lowest BCUT2D eigenvalue weighted by atomic mass is 10.0. The standard InChI is InChI=1S/C18H27F5N4O4/c1-16(2,30-4)15(29)27-11(6-5-9-26-13(25)7-8-24)12(28)10-31-14(17(3,19)20)18(21,22)23/h11,14H,5-7,9-10H2,1-4H3,(H2,25,26)(H,27,29)/t11-,14?/m0/s1. The summed E-state index contributed by atoms with van der Waals surface area (Å²) in [6, 6.07) is 0.446. The molecule has 0 aliphatic rings. The lowest BCUT2D eigenvalue weighted by Gasteiger charge is -2.28. The van der Waals surface area contributed by atoms with Crippen LogP contribution in [0.5, 0.6) is 0 Å². The molecule has 2 atom stereocenters. The van der Waals surface area contributed by atoms with Gasteiger partial charge in [-0.2, -0.15) is 18.4 Å². The van der Waals surface area contributed by atoms with Crippen molar-refractivity contribution in [2.75, 3.05) is 20.3 Å². The molecule has 178 valence electrons. The first-order valence-electron chi connectivity index (χ1n) is 9.17. The summed E-state index contributed by atoms with van der Waals surface area (Å²) in [4.78, 5) is 28.5. The van der Waals surface area contributed by atoms with Crippen molar-refractivity contribution in [3.8, 4) is 6.07 Å². The minimum Gasteiger partial charge on any atom is -0.387 e. The van der Waals surface area contributed by atoms with Crippen molar-refractivity contribution in [3.63, 3.8) is 0 Å². The van der Waals surface area contributed by atoms with Crippen LogP contribution in [0.25, 0.3) is 0 Å². The molecule has 0 saturated heterocycles. The number of Topliss-reactive ketones (excluding diaryl/α,β-unsaturated/α-hetero) is 1. The number of carbonyl (C=O) groups is 2. The topological polar surface area (TPSA) is 127 Å². The molecule has 31 heavy (non-hydrogen) atoms. The molecule has 0 fully saturated rings. The fourth-order valence-electron chi connectivity index (χ4n) is 2.19. The van der Waals surface area contributed by atoms with E-state index in [0.29, 0.717) is 0 Å². The smallest absolute Gasteiger partial charge is 0.387 e. The third kappa shape index (κ3) is 10.5. The van der Waals surface area contributed by atoms with E-state index in [4.69, 9.17) is 15.7 Å². The molecule has 0 saturated carbocycles. The van der Waals surface area contributed by atoms with Crippen LogP contribution in [0.2, 0.25) is 0 Å². The highest BCUT2D eigenvalue weighted by molar-refractivity contribution is 5.92. The molecule has 0 spiro atoms. The highest BCUT2D eigenvalue weighted by Gasteiger charge is 2.54. The van der Waals surface area contributed by atoms with E-state index < -0.39 is 48.1 Å². The van der Waals surface area contributed by atoms with Gasteiger partial charge in [-0.25, -0.2) is 8.78 Å². The summed E-state index contributed by atoms with van der Waals surface area (Å²) in [6.07, 6.45) is -8.92. The van der Waals surface area contributed by atoms with E-state index in [9.17, 15) is 31.5 Å². The fraction of sp³-hybridized carbons (Fsp3) is 0.778. The first kappa shape index (κ1) is 28.7. The largest absolute Gasteiger partial charge is 0.420 e. The second-order valence-corrected chi connectivity index (χ2v) is 7.25. The molecule has 0 aromatic carbocycles. The number of hydrogen-bond acceptors (Lipinski definition) is 6. The Morgan fingerprint density at radius 1 is 1.19 bits per heavy atom. The number of nitrogens with zero attached hydrogens (tertiary/aromatic N) is 2. The van der Waals surface area contributed by atoms with Crippen molar-refractivity contribution in [1.82, 2.24) is 5.32 Å². The monoisotopic (exact) mass is 458 g/mol. The summed E-state index contributed by atoms with van der Waals surface area (Å²) in [5, 5.41) is 10.8. The van der Waals surface area contributed by atoms with E-state index >= 15 is 0 Å². The Morgan fingerprint density at radius 2 is 1.77 bits per heavy atom. The zero-order chi connectivity index (χ0) is 24.5. The summed E-state index contributed by atoms with van der Waals surface area (Å²) in [5.41, 5.74) is 4.09. The Hall–Kier alpha value is -2.33. The molecular formula is C18H27F5N4O4. The van der Waals surface area contributed by atoms with E-state index in [2.05, 4.69) is 15.0 Å². The highest BCUT2D eigenvalue weighted by atomic mass is 19.4. The molecule has 0 bridgehead atoms. The number of halogens is 5. The third-order valence-corrected chi connectivity index (χ3v) is 4.13. The number of amides is 1. The molecule has 0 aliphatic carbocycles. The number of aliphatic imine (C=N–C) groups is 1. The third-order valence-electron chi connectivity index (χ3n) is 4.13. The second kappa shape index (κ2) is 11.9. The Bertz CT molecular complexity index is 670. The molecule has 13 heteroatoms. The first-order valence-corrected chi connectivity index (χ1v) is 9.17. The van der Waals surface area contributed by atoms with Gasteiger partial charge >= 0.3 is 6.18 Å². The number of ketones is 1. The van der Waals surface area contributed by atoms with Gasteiger partial charge in [0.1, 0.15) is 18.0 Å². The van der Waals surface area contributed by atoms with Crippen LogP contribution in [0.3, 0.4) is 0 Å². The molecule has 0 aromatic rings. The summed E-state index contributed by atoms with van der Waals surface area (Å²) in [6.45, 7) is 1.58. The summed E-state index contributed by atoms with van der Waals surface area (Å²) in [5.74, 6) is -6.00. The van der Waals surface area contributed by atoms with Gasteiger partial charge in [-0.15, -0.1) is 0 Å². The molecular weight excluding hydrogens is 431 g/mol. The molecule has 0 aliphatic heterocycles. The second-order valence-electron chi connectivity index (χ2n) is 7.25. The Kier molecular flexibility index (Phi) is 11.0. The number of rotatable bonds is 13. The number of carbonyl (C=O) groups excluding carboxylic acids is 2. The number of nitriles is 1. The zero-order valence-corrected chi connectivity index (χ0v) is 17.7. The van der Waals surface area contributed by atoms with Gasteiger partial charge < -0.3 is 20.5 Å². The first-order chi connectivity index (χ1) is 14.1. The molecule has 0 radical (unpaired) electrons. The van der Waals surface area contributed by atoms with Crippen LogP contribution in [-0.2, 0) is 19.1 Å². The fourth-order valence-corrected chi connectivity index (χ4v) is 2.19. The van der Waals surface area contributed by atoms with Gasteiger partial charge in [0.25, 0.3) is 11.8 Å². The number of ether oxygens (including phenoxy) is 2. The maximum absolute atomic E-state index is 13.2. The number of nitrogens with one attached hydrogen (secondary N) is 1. The average Bonchev–Trinajstić information content (AvgIpc) is 2.61. The van der Waals surface area contributed by atoms with Crippen molar-refractivity contribution in [1.29, 1.82) is 5.26 Å². The molecule has 1 amide bonds. The zero-order valence-electron chi connectivity index (χ0n) is 17.7. The molecule has 8 nitrogen and oxygen atoms in total. The van der Waals surface area contributed by atoms with Gasteiger partial charge in [-0.05, 0) is 26.7 Å². The summed E-state index contributed by atoms with van der Waals surface area (Å²) in [7, 11) is 1.24. The SMILES string of the molecule is COC(C)(C)C(=O)N[C@@H](CCCN=C(N)CC#N)C(=O)COC(C(C)(F)F)C(F)(F)F. The number of methoxy groups -OCH3 is 1. The molecule has 0 heterocycles. The quantitative estimate of drug-likeness (QED) is 0.188. The maximum atomic E-state index is 13.2. The number of hydrogen-bond donors (Lipinski definition) is 2. The van der Waals surface area contributed by atoms with E-state index in [-0.39, 0.29) is 38.6 Å². The Labute approximate surface area is 176 Å². The Balaban J connectivity index is 5.29. The van der Waals surface area contributed by atoms with E-state index in [0.717, 1.165) is 0 Å². The van der Waals surface area contributed by atoms with Gasteiger partial charge in [0, 0.05) is 20.6 Å². The maximum Gasteiger partial charge on any atom is 0.420 e. The van der Waals surface area contributed by atoms with Crippen molar-refractivity contribution < 1.29 is 41.0 Å². The predicted octanol–water partition coefficient (Wildman–Crippen LogP) is 2.12. The van der Waals surface area contributed by atoms with Crippen LogP contribution in [-0.4, -0.2) is 67.6 Å². The lowest BCUT2D eigenvalue weighted by molar-refractivity contribution is -0.278. The predicted molar refractivity (Wildman–Crippen MR) is 100 cm³/mol. The van der Waals surface area contributed by atoms with Gasteiger partial charge in [-0.1, -0.05) is 0 Å². The van der Waals surface area contributed by atoms with Crippen LogP contribution in [0, 0.1) is 11.3 Å². The van der Waals surface area contributed by atoms with Crippen molar-refractivity contribution in [2.45, 2.75) is 69.9 Å². The van der Waals surface area contributed by atoms with E-state index in [1.54, 1.807) is 6.07 Å². The molecule has 3 N–H and O–H groups in total. The highest BCUT2D eigenvalue weighted by Crippen LogP contribution is 2.34. The van der Waals surface area contributed by atoms with E-state index in [1.807, 2.05) is 0 Å². The van der Waals surface area contributed by atoms with Crippen molar-refractivity contribution in [2.24, 2.45) is 10.7 Å². The molecule has 0 rings (SSSR count). The normalized spacial score (nSPS) is 15.2. The van der Waals surface area contributed by atoms with Gasteiger partial charge in [0.2, 0.25) is 6.10 Å². The summed E-state index contributed by atoms with van der Waals surface area (Å²) < 4.78 is 74.1. The summed E-state index contributed by atoms with van der Waals surface area (Å²) >= 11 is 0. The Morgan fingerprint density at radius 3 is 2.23 bits per heavy atom. The van der Waals surface area contributed by atoms with Crippen LogP contribution in [0.1, 0.15) is 40.0 Å². The number of alkyl halides is 5. The average molecular weight is 458 g/mol. The lowest BCUT2D eigenvalue weighted by Crippen LogP contribution is -2.52. The van der Waals surface area contributed by atoms with Crippen molar-refractivity contribution in [3.05, 3.63) is 0 Å². The minimum absolute atomic E-state index is 0.0274. The van der Waals surface area contributed by atoms with Gasteiger partial charge in [0.05, 0.1) is 18.5 Å². The molecule has 1 unspecified atom stereocenters. The van der Waals surface area contributed by atoms with Crippen molar-refractivity contribution >= 4 is 17.5 Å². The molecule has 0 aromatic heterocycles. The van der Waals surface area contributed by atoms with Crippen LogP contribution >= 0.6 is 0 Å². The van der Waals surface area contributed by atoms with Crippen LogP contribution in [0.4, 0.5) is 22.0 Å². The van der Waals surface area contributed by atoms with Gasteiger partial charge in [-0.3, -0.25) is 14.6 Å². The minimum atomic E-state index is -5.40. The van der Waals surface area contributed by atoms with Gasteiger partial charge in [0.15, 0.2) is 5.78 Å². The number of amidine groups is 1. The van der Waals surface area contributed by atoms with Crippen LogP contribution < -0.4 is 11.1 Å². The number of nitrogens with two attached hydrogens (primary N) is 1. The van der Waals surface area contributed by atoms with Crippen LogP contribution in [0.15, 0.2) is 4.99 Å².